The number of hydrogen-bond donors (Lipinski definition) is 3. The molecule has 0 unspecified atom stereocenters. The normalized spacial score (nSPS) is 10.8. The molecule has 1 rings (SSSR count). The van der Waals surface area contributed by atoms with Crippen molar-refractivity contribution in [3.8, 4) is 5.75 Å². The highest BCUT2D eigenvalue weighted by Crippen LogP contribution is 2.28. The summed E-state index contributed by atoms with van der Waals surface area (Å²) in [4.78, 5) is 0. The van der Waals surface area contributed by atoms with Crippen LogP contribution in [0.15, 0.2) is 12.1 Å². The van der Waals surface area contributed by atoms with Crippen molar-refractivity contribution in [2.45, 2.75) is 39.2 Å². The summed E-state index contributed by atoms with van der Waals surface area (Å²) in [5.41, 5.74) is 6.82. The molecule has 0 aromatic heterocycles. The summed E-state index contributed by atoms with van der Waals surface area (Å²) in [7, 11) is 0. The second-order valence-electron chi connectivity index (χ2n) is 4.75. The fraction of sp³-hybridized carbons (Fsp3) is 0.571. The molecule has 0 radical (unpaired) electrons. The Morgan fingerprint density at radius 1 is 1.32 bits per heavy atom. The molecule has 0 saturated carbocycles. The minimum Gasteiger partial charge on any atom is -0.488 e. The smallest absolute Gasteiger partial charge is 0.167 e. The second kappa shape index (κ2) is 7.84. The molecule has 0 saturated heterocycles. The van der Waals surface area contributed by atoms with E-state index in [0.29, 0.717) is 11.4 Å². The van der Waals surface area contributed by atoms with E-state index in [1.165, 1.54) is 6.07 Å². The standard InChI is InChI=1S/C14H23FN2O2/c1-10(2)19-14-9-13(12(16)8-11(14)15)17-6-4-3-5-7-18/h8-10,17-18H,3-7,16H2,1-2H3. The Morgan fingerprint density at radius 2 is 2.05 bits per heavy atom. The highest BCUT2D eigenvalue weighted by molar-refractivity contribution is 5.68. The van der Waals surface area contributed by atoms with Crippen LogP contribution >= 0.6 is 0 Å². The van der Waals surface area contributed by atoms with Crippen LogP contribution in [-0.2, 0) is 0 Å². The lowest BCUT2D eigenvalue weighted by Gasteiger charge is -2.15. The monoisotopic (exact) mass is 270 g/mol. The minimum absolute atomic E-state index is 0.0875. The molecule has 5 heteroatoms. The van der Waals surface area contributed by atoms with Gasteiger partial charge in [0.1, 0.15) is 0 Å². The Labute approximate surface area is 113 Å². The molecule has 4 nitrogen and oxygen atoms in total. The van der Waals surface area contributed by atoms with Gasteiger partial charge in [0.2, 0.25) is 0 Å². The Bertz CT molecular complexity index is 397. The van der Waals surface area contributed by atoms with Gasteiger partial charge in [-0.05, 0) is 33.1 Å². The summed E-state index contributed by atoms with van der Waals surface area (Å²) >= 11 is 0. The third kappa shape index (κ3) is 5.34. The highest BCUT2D eigenvalue weighted by atomic mass is 19.1. The number of benzene rings is 1. The number of nitrogens with two attached hydrogens (primary N) is 1. The van der Waals surface area contributed by atoms with Crippen LogP contribution in [0.4, 0.5) is 15.8 Å². The second-order valence-corrected chi connectivity index (χ2v) is 4.75. The molecule has 0 aliphatic heterocycles. The Balaban J connectivity index is 2.61. The van der Waals surface area contributed by atoms with Crippen molar-refractivity contribution < 1.29 is 14.2 Å². The molecule has 0 fully saturated rings. The first kappa shape index (κ1) is 15.6. The SMILES string of the molecule is CC(C)Oc1cc(NCCCCCO)c(N)cc1F. The van der Waals surface area contributed by atoms with Crippen LogP contribution in [0.2, 0.25) is 0 Å². The predicted octanol–water partition coefficient (Wildman–Crippen LogP) is 2.77. The van der Waals surface area contributed by atoms with Crippen LogP contribution < -0.4 is 15.8 Å². The number of anilines is 2. The van der Waals surface area contributed by atoms with Crippen molar-refractivity contribution in [1.82, 2.24) is 0 Å². The molecule has 0 bridgehead atoms. The van der Waals surface area contributed by atoms with Crippen LogP contribution in [0.25, 0.3) is 0 Å². The molecule has 4 N–H and O–H groups in total. The first-order valence-electron chi connectivity index (χ1n) is 6.65. The van der Waals surface area contributed by atoms with Gasteiger partial charge in [-0.15, -0.1) is 0 Å². The first-order chi connectivity index (χ1) is 9.04. The molecule has 0 atom stereocenters. The van der Waals surface area contributed by atoms with Crippen LogP contribution in [0.1, 0.15) is 33.1 Å². The summed E-state index contributed by atoms with van der Waals surface area (Å²) in [6.45, 7) is 4.64. The topological polar surface area (TPSA) is 67.5 Å². The maximum atomic E-state index is 13.6. The highest BCUT2D eigenvalue weighted by Gasteiger charge is 2.10. The zero-order valence-corrected chi connectivity index (χ0v) is 11.6. The molecule has 0 spiro atoms. The van der Waals surface area contributed by atoms with Gasteiger partial charge in [0.25, 0.3) is 0 Å². The largest absolute Gasteiger partial charge is 0.488 e. The van der Waals surface area contributed by atoms with E-state index in [4.69, 9.17) is 15.6 Å². The van der Waals surface area contributed by atoms with Gasteiger partial charge in [0, 0.05) is 25.3 Å². The van der Waals surface area contributed by atoms with Gasteiger partial charge in [-0.1, -0.05) is 0 Å². The van der Waals surface area contributed by atoms with E-state index in [1.54, 1.807) is 6.07 Å². The van der Waals surface area contributed by atoms with Crippen LogP contribution in [-0.4, -0.2) is 24.4 Å². The molecule has 0 heterocycles. The molecule has 0 amide bonds. The fourth-order valence-corrected chi connectivity index (χ4v) is 1.70. The third-order valence-corrected chi connectivity index (χ3v) is 2.62. The van der Waals surface area contributed by atoms with E-state index in [2.05, 4.69) is 5.32 Å². The van der Waals surface area contributed by atoms with Crippen LogP contribution in [0.5, 0.6) is 5.75 Å². The predicted molar refractivity (Wildman–Crippen MR) is 76.0 cm³/mol. The van der Waals surface area contributed by atoms with E-state index < -0.39 is 5.82 Å². The number of unbranched alkanes of at least 4 members (excludes halogenated alkanes) is 2. The average Bonchev–Trinajstić information content (AvgIpc) is 2.33. The minimum atomic E-state index is -0.447. The van der Waals surface area contributed by atoms with E-state index in [0.717, 1.165) is 25.8 Å². The van der Waals surface area contributed by atoms with E-state index in [-0.39, 0.29) is 18.5 Å². The summed E-state index contributed by atoms with van der Waals surface area (Å²) in [6.07, 6.45) is 2.58. The van der Waals surface area contributed by atoms with Crippen molar-refractivity contribution in [3.63, 3.8) is 0 Å². The molecule has 108 valence electrons. The van der Waals surface area contributed by atoms with E-state index in [1.807, 2.05) is 13.8 Å². The molecular formula is C14H23FN2O2. The summed E-state index contributed by atoms with van der Waals surface area (Å²) < 4.78 is 19.0. The van der Waals surface area contributed by atoms with Gasteiger partial charge in [0.15, 0.2) is 11.6 Å². The number of rotatable bonds is 8. The van der Waals surface area contributed by atoms with Crippen molar-refractivity contribution in [2.75, 3.05) is 24.2 Å². The van der Waals surface area contributed by atoms with E-state index >= 15 is 0 Å². The number of nitrogens with one attached hydrogen (secondary N) is 1. The average molecular weight is 270 g/mol. The Kier molecular flexibility index (Phi) is 6.42. The van der Waals surface area contributed by atoms with Gasteiger partial charge in [-0.25, -0.2) is 4.39 Å². The summed E-state index contributed by atoms with van der Waals surface area (Å²) in [5, 5.41) is 11.8. The lowest BCUT2D eigenvalue weighted by atomic mass is 10.2. The van der Waals surface area contributed by atoms with Crippen molar-refractivity contribution >= 4 is 11.4 Å². The zero-order chi connectivity index (χ0) is 14.3. The van der Waals surface area contributed by atoms with Crippen LogP contribution in [0.3, 0.4) is 0 Å². The molecule has 1 aromatic rings. The number of aliphatic hydroxyl groups is 1. The molecule has 0 aliphatic rings. The number of aliphatic hydroxyl groups excluding tert-OH is 1. The lowest BCUT2D eigenvalue weighted by Crippen LogP contribution is -2.09. The number of hydrogen-bond acceptors (Lipinski definition) is 4. The molecule has 1 aromatic carbocycles. The lowest BCUT2D eigenvalue weighted by molar-refractivity contribution is 0.231. The molecule has 0 aliphatic carbocycles. The Hall–Kier alpha value is -1.49. The molecule has 19 heavy (non-hydrogen) atoms. The van der Waals surface area contributed by atoms with Gasteiger partial charge in [-0.3, -0.25) is 0 Å². The summed E-state index contributed by atoms with van der Waals surface area (Å²) in [6, 6.07) is 2.87. The zero-order valence-electron chi connectivity index (χ0n) is 11.6. The van der Waals surface area contributed by atoms with Gasteiger partial charge in [0.05, 0.1) is 17.5 Å². The Morgan fingerprint density at radius 3 is 2.68 bits per heavy atom. The van der Waals surface area contributed by atoms with Crippen LogP contribution in [0, 0.1) is 5.82 Å². The van der Waals surface area contributed by atoms with Crippen molar-refractivity contribution in [2.24, 2.45) is 0 Å². The maximum Gasteiger partial charge on any atom is 0.167 e. The quantitative estimate of drug-likeness (QED) is 0.502. The van der Waals surface area contributed by atoms with E-state index in [9.17, 15) is 4.39 Å². The summed E-state index contributed by atoms with van der Waals surface area (Å²) in [5.74, 6) is -0.237. The fourth-order valence-electron chi connectivity index (χ4n) is 1.70. The van der Waals surface area contributed by atoms with Crippen molar-refractivity contribution in [1.29, 1.82) is 0 Å². The maximum absolute atomic E-state index is 13.6. The van der Waals surface area contributed by atoms with Gasteiger partial charge < -0.3 is 20.9 Å². The van der Waals surface area contributed by atoms with Gasteiger partial charge in [-0.2, -0.15) is 0 Å². The first-order valence-corrected chi connectivity index (χ1v) is 6.65. The number of ether oxygens (including phenoxy) is 1. The number of nitrogen functional groups attached to an aromatic ring is 1. The van der Waals surface area contributed by atoms with Crippen molar-refractivity contribution in [3.05, 3.63) is 17.9 Å². The van der Waals surface area contributed by atoms with Gasteiger partial charge >= 0.3 is 0 Å². The molecular weight excluding hydrogens is 247 g/mol. The number of halogens is 1. The third-order valence-electron chi connectivity index (χ3n) is 2.62.